The van der Waals surface area contributed by atoms with Crippen molar-refractivity contribution >= 4 is 18.0 Å². The average molecular weight is 308 g/mol. The molecule has 4 heterocycles. The minimum atomic E-state index is -0.744. The molecule has 0 spiro atoms. The predicted octanol–water partition coefficient (Wildman–Crippen LogP) is -0.431. The number of fused-ring (bicyclic) bond motifs is 2. The molecule has 0 radical (unpaired) electrons. The molecule has 10 heteroatoms. The van der Waals surface area contributed by atoms with E-state index >= 15 is 0 Å². The van der Waals surface area contributed by atoms with E-state index in [9.17, 15) is 4.79 Å². The highest BCUT2D eigenvalue weighted by Gasteiger charge is 2.45. The Hall–Kier alpha value is -2.04. The first-order valence-electron chi connectivity index (χ1n) is 6.41. The van der Waals surface area contributed by atoms with E-state index in [0.717, 1.165) is 0 Å². The first kappa shape index (κ1) is 12.7. The number of Topliss-reactive ketones (excluding diaryl/α,β-unsaturated/α-hetero) is 1. The molecule has 0 amide bonds. The second-order valence-electron chi connectivity index (χ2n) is 4.93. The Balaban J connectivity index is 1.77. The van der Waals surface area contributed by atoms with E-state index in [-0.39, 0.29) is 24.3 Å². The van der Waals surface area contributed by atoms with Gasteiger partial charge in [0.1, 0.15) is 6.10 Å². The maximum absolute atomic E-state index is 11.9. The van der Waals surface area contributed by atoms with Crippen LogP contribution >= 0.6 is 12.2 Å². The van der Waals surface area contributed by atoms with E-state index in [1.54, 1.807) is 23.1 Å². The van der Waals surface area contributed by atoms with E-state index in [4.69, 9.17) is 27.5 Å². The highest BCUT2D eigenvalue weighted by atomic mass is 32.1. The SMILES string of the molecule is Nn1c(-n2cccn2)nn([C@H]2CC(=O)[C@H]3OC[C@H]2O3)c1=S. The third-order valence-corrected chi connectivity index (χ3v) is 4.03. The zero-order valence-corrected chi connectivity index (χ0v) is 11.6. The molecule has 0 aliphatic carbocycles. The molecule has 2 bridgehead atoms. The van der Waals surface area contributed by atoms with E-state index in [0.29, 0.717) is 17.3 Å². The number of nitrogen functional groups attached to an aromatic ring is 1. The van der Waals surface area contributed by atoms with Crippen LogP contribution in [-0.2, 0) is 14.3 Å². The van der Waals surface area contributed by atoms with Crippen LogP contribution in [0.2, 0.25) is 0 Å². The molecule has 2 aromatic heterocycles. The Bertz CT molecular complexity index is 751. The van der Waals surface area contributed by atoms with Crippen molar-refractivity contribution in [2.24, 2.45) is 0 Å². The summed E-state index contributed by atoms with van der Waals surface area (Å²) in [6.07, 6.45) is 2.59. The molecular formula is C11H12N6O3S. The van der Waals surface area contributed by atoms with Gasteiger partial charge in [0.15, 0.2) is 5.78 Å². The summed E-state index contributed by atoms with van der Waals surface area (Å²) in [6.45, 7) is 0.345. The van der Waals surface area contributed by atoms with Crippen LogP contribution in [0.4, 0.5) is 0 Å². The van der Waals surface area contributed by atoms with Gasteiger partial charge in [0.25, 0.3) is 5.95 Å². The molecule has 2 aliphatic rings. The predicted molar refractivity (Wildman–Crippen MR) is 71.6 cm³/mol. The van der Waals surface area contributed by atoms with Gasteiger partial charge >= 0.3 is 0 Å². The van der Waals surface area contributed by atoms with Gasteiger partial charge < -0.3 is 15.3 Å². The summed E-state index contributed by atoms with van der Waals surface area (Å²) < 4.78 is 15.4. The van der Waals surface area contributed by atoms with Crippen molar-refractivity contribution in [2.45, 2.75) is 24.9 Å². The summed E-state index contributed by atoms with van der Waals surface area (Å²) in [5.74, 6) is 6.21. The number of carbonyl (C=O) groups excluding carboxylic acids is 1. The van der Waals surface area contributed by atoms with Gasteiger partial charge in [-0.3, -0.25) is 4.79 Å². The first-order valence-corrected chi connectivity index (χ1v) is 6.82. The van der Waals surface area contributed by atoms with Gasteiger partial charge in [0.05, 0.1) is 12.6 Å². The topological polar surface area (TPSA) is 102 Å². The maximum atomic E-state index is 11.9. The fourth-order valence-corrected chi connectivity index (χ4v) is 2.87. The molecule has 2 fully saturated rings. The summed E-state index contributed by atoms with van der Waals surface area (Å²) in [5, 5.41) is 8.47. The van der Waals surface area contributed by atoms with Crippen molar-refractivity contribution in [3.8, 4) is 5.95 Å². The maximum Gasteiger partial charge on any atom is 0.269 e. The quantitative estimate of drug-likeness (QED) is 0.593. The van der Waals surface area contributed by atoms with Gasteiger partial charge in [0.2, 0.25) is 11.1 Å². The number of rotatable bonds is 2. The average Bonchev–Trinajstić information content (AvgIpc) is 3.18. The lowest BCUT2D eigenvalue weighted by Crippen LogP contribution is -2.37. The van der Waals surface area contributed by atoms with Crippen LogP contribution in [0.15, 0.2) is 18.5 Å². The summed E-state index contributed by atoms with van der Waals surface area (Å²) in [6, 6.07) is 1.44. The van der Waals surface area contributed by atoms with Crippen molar-refractivity contribution < 1.29 is 14.3 Å². The Morgan fingerprint density at radius 1 is 1.48 bits per heavy atom. The zero-order valence-electron chi connectivity index (χ0n) is 10.8. The molecule has 2 saturated heterocycles. The Labute approximate surface area is 123 Å². The van der Waals surface area contributed by atoms with Crippen LogP contribution in [-0.4, -0.2) is 49.0 Å². The Morgan fingerprint density at radius 2 is 2.33 bits per heavy atom. The van der Waals surface area contributed by atoms with Gasteiger partial charge in [-0.2, -0.15) is 9.77 Å². The molecular weight excluding hydrogens is 296 g/mol. The third kappa shape index (κ3) is 1.83. The molecule has 3 atom stereocenters. The fourth-order valence-electron chi connectivity index (χ4n) is 2.61. The van der Waals surface area contributed by atoms with Crippen LogP contribution in [0.3, 0.4) is 0 Å². The number of carbonyl (C=O) groups is 1. The van der Waals surface area contributed by atoms with Crippen molar-refractivity contribution in [3.63, 3.8) is 0 Å². The van der Waals surface area contributed by atoms with Gasteiger partial charge in [-0.05, 0) is 18.3 Å². The van der Waals surface area contributed by atoms with E-state index in [1.165, 1.54) is 9.36 Å². The van der Waals surface area contributed by atoms with Gasteiger partial charge in [-0.1, -0.05) is 0 Å². The van der Waals surface area contributed by atoms with Crippen LogP contribution in [0.1, 0.15) is 12.5 Å². The second kappa shape index (κ2) is 4.48. The van der Waals surface area contributed by atoms with E-state index in [2.05, 4.69) is 10.2 Å². The Kier molecular flexibility index (Phi) is 2.71. The molecule has 4 rings (SSSR count). The molecule has 21 heavy (non-hydrogen) atoms. The standard InChI is InChI=1S/C11H12N6O3S/c12-16-10(15-3-1-2-13-15)14-17(11(16)21)6-4-7(18)9-19-5-8(6)20-9/h1-3,6,8-9H,4-5,12H2/t6-,8+,9-/m0/s1. The number of hydrogen-bond acceptors (Lipinski definition) is 7. The largest absolute Gasteiger partial charge is 0.343 e. The Morgan fingerprint density at radius 3 is 3.10 bits per heavy atom. The van der Waals surface area contributed by atoms with Crippen LogP contribution < -0.4 is 5.84 Å². The normalized spacial score (nSPS) is 28.2. The molecule has 2 N–H and O–H groups in total. The van der Waals surface area contributed by atoms with E-state index < -0.39 is 6.29 Å². The summed E-state index contributed by atoms with van der Waals surface area (Å²) >= 11 is 5.31. The summed E-state index contributed by atoms with van der Waals surface area (Å²) in [7, 11) is 0. The molecule has 110 valence electrons. The van der Waals surface area contributed by atoms with Crippen molar-refractivity contribution in [1.82, 2.24) is 24.2 Å². The van der Waals surface area contributed by atoms with Gasteiger partial charge in [0, 0.05) is 18.8 Å². The fraction of sp³-hybridized carbons (Fsp3) is 0.455. The molecule has 2 aliphatic heterocycles. The zero-order chi connectivity index (χ0) is 14.6. The van der Waals surface area contributed by atoms with E-state index in [1.807, 2.05) is 0 Å². The lowest BCUT2D eigenvalue weighted by atomic mass is 10.0. The highest BCUT2D eigenvalue weighted by molar-refractivity contribution is 7.71. The molecule has 0 unspecified atom stereocenters. The van der Waals surface area contributed by atoms with Crippen molar-refractivity contribution in [1.29, 1.82) is 0 Å². The number of ether oxygens (including phenoxy) is 2. The van der Waals surface area contributed by atoms with Crippen LogP contribution in [0, 0.1) is 4.77 Å². The third-order valence-electron chi connectivity index (χ3n) is 3.65. The highest BCUT2D eigenvalue weighted by Crippen LogP contribution is 2.32. The van der Waals surface area contributed by atoms with Crippen molar-refractivity contribution in [2.75, 3.05) is 12.4 Å². The van der Waals surface area contributed by atoms with Crippen LogP contribution in [0.25, 0.3) is 5.95 Å². The van der Waals surface area contributed by atoms with Crippen molar-refractivity contribution in [3.05, 3.63) is 23.2 Å². The molecule has 9 nitrogen and oxygen atoms in total. The van der Waals surface area contributed by atoms with Crippen LogP contribution in [0.5, 0.6) is 0 Å². The summed E-state index contributed by atoms with van der Waals surface area (Å²) in [5.41, 5.74) is 0. The minimum absolute atomic E-state index is 0.108. The lowest BCUT2D eigenvalue weighted by molar-refractivity contribution is -0.156. The molecule has 0 aromatic carbocycles. The smallest absolute Gasteiger partial charge is 0.269 e. The summed E-state index contributed by atoms with van der Waals surface area (Å²) in [4.78, 5) is 11.9. The molecule has 2 aromatic rings. The number of aromatic nitrogens is 5. The number of hydrogen-bond donors (Lipinski definition) is 1. The molecule has 0 saturated carbocycles. The number of ketones is 1. The first-order chi connectivity index (χ1) is 10.1. The monoisotopic (exact) mass is 308 g/mol. The number of nitrogens with two attached hydrogens (primary N) is 1. The van der Waals surface area contributed by atoms with Gasteiger partial charge in [-0.25, -0.2) is 9.36 Å². The number of nitrogens with zero attached hydrogens (tertiary/aromatic N) is 5. The van der Waals surface area contributed by atoms with Gasteiger partial charge in [-0.15, -0.1) is 5.10 Å². The minimum Gasteiger partial charge on any atom is -0.343 e. The second-order valence-corrected chi connectivity index (χ2v) is 5.29. The lowest BCUT2D eigenvalue weighted by Gasteiger charge is -2.25.